The summed E-state index contributed by atoms with van der Waals surface area (Å²) >= 11 is 0. The van der Waals surface area contributed by atoms with Gasteiger partial charge < -0.3 is 10.2 Å². The van der Waals surface area contributed by atoms with Gasteiger partial charge in [0, 0.05) is 0 Å². The van der Waals surface area contributed by atoms with Crippen molar-refractivity contribution in [1.29, 1.82) is 0 Å². The topological polar surface area (TPSA) is 57.5 Å². The van der Waals surface area contributed by atoms with Gasteiger partial charge in [-0.15, -0.1) is 0 Å². The number of carbonyl (C=O) groups is 1. The maximum Gasteiger partial charge on any atom is 0.306 e. The molecule has 1 atom stereocenters. The SMILES string of the molecule is CCC(Cc1ccc(O)c2c1CCCC2)C(=O)O. The molecule has 1 aromatic rings. The number of phenolic OH excluding ortho intramolecular Hbond substituents is 1. The van der Waals surface area contributed by atoms with Crippen molar-refractivity contribution in [2.75, 3.05) is 0 Å². The lowest BCUT2D eigenvalue weighted by Gasteiger charge is -2.22. The van der Waals surface area contributed by atoms with E-state index in [4.69, 9.17) is 5.11 Å². The zero-order valence-corrected chi connectivity index (χ0v) is 10.8. The molecule has 0 heterocycles. The number of rotatable bonds is 4. The Balaban J connectivity index is 2.31. The molecule has 18 heavy (non-hydrogen) atoms. The molecule has 3 nitrogen and oxygen atoms in total. The van der Waals surface area contributed by atoms with Gasteiger partial charge in [-0.3, -0.25) is 4.79 Å². The fourth-order valence-corrected chi connectivity index (χ4v) is 2.79. The third kappa shape index (κ3) is 2.50. The molecular formula is C15H20O3. The first kappa shape index (κ1) is 12.9. The van der Waals surface area contributed by atoms with Crippen molar-refractivity contribution in [1.82, 2.24) is 0 Å². The first-order valence-corrected chi connectivity index (χ1v) is 6.68. The van der Waals surface area contributed by atoms with Crippen LogP contribution in [0.25, 0.3) is 0 Å². The van der Waals surface area contributed by atoms with Crippen molar-refractivity contribution in [3.05, 3.63) is 28.8 Å². The van der Waals surface area contributed by atoms with Gasteiger partial charge in [0.25, 0.3) is 0 Å². The van der Waals surface area contributed by atoms with Crippen LogP contribution in [0.2, 0.25) is 0 Å². The Morgan fingerprint density at radius 3 is 2.56 bits per heavy atom. The summed E-state index contributed by atoms with van der Waals surface area (Å²) in [7, 11) is 0. The van der Waals surface area contributed by atoms with Gasteiger partial charge in [-0.1, -0.05) is 13.0 Å². The van der Waals surface area contributed by atoms with Gasteiger partial charge in [0.15, 0.2) is 0 Å². The highest BCUT2D eigenvalue weighted by molar-refractivity contribution is 5.70. The number of hydrogen-bond acceptors (Lipinski definition) is 2. The second-order valence-corrected chi connectivity index (χ2v) is 5.06. The van der Waals surface area contributed by atoms with Crippen molar-refractivity contribution >= 4 is 5.97 Å². The summed E-state index contributed by atoms with van der Waals surface area (Å²) in [5, 5.41) is 19.0. The third-order valence-corrected chi connectivity index (χ3v) is 3.92. The second-order valence-electron chi connectivity index (χ2n) is 5.06. The Kier molecular flexibility index (Phi) is 3.90. The van der Waals surface area contributed by atoms with E-state index in [-0.39, 0.29) is 5.92 Å². The maximum absolute atomic E-state index is 11.1. The van der Waals surface area contributed by atoms with Crippen LogP contribution in [0.5, 0.6) is 5.75 Å². The fraction of sp³-hybridized carbons (Fsp3) is 0.533. The largest absolute Gasteiger partial charge is 0.508 e. The Morgan fingerprint density at radius 2 is 1.94 bits per heavy atom. The number of benzene rings is 1. The van der Waals surface area contributed by atoms with Crippen molar-refractivity contribution in [3.8, 4) is 5.75 Å². The predicted octanol–water partition coefficient (Wildman–Crippen LogP) is 2.92. The highest BCUT2D eigenvalue weighted by Gasteiger charge is 2.21. The zero-order chi connectivity index (χ0) is 13.1. The van der Waals surface area contributed by atoms with E-state index >= 15 is 0 Å². The van der Waals surface area contributed by atoms with Crippen LogP contribution in [0.4, 0.5) is 0 Å². The van der Waals surface area contributed by atoms with Crippen molar-refractivity contribution in [2.24, 2.45) is 5.92 Å². The van der Waals surface area contributed by atoms with Crippen LogP contribution in [-0.2, 0) is 24.1 Å². The normalized spacial score (nSPS) is 16.1. The Morgan fingerprint density at radius 1 is 1.28 bits per heavy atom. The van der Waals surface area contributed by atoms with Crippen molar-refractivity contribution < 1.29 is 15.0 Å². The summed E-state index contributed by atoms with van der Waals surface area (Å²) in [4.78, 5) is 11.1. The molecule has 0 fully saturated rings. The second kappa shape index (κ2) is 5.42. The summed E-state index contributed by atoms with van der Waals surface area (Å²) in [6.45, 7) is 1.91. The van der Waals surface area contributed by atoms with Crippen LogP contribution >= 0.6 is 0 Å². The average Bonchev–Trinajstić information content (AvgIpc) is 2.38. The lowest BCUT2D eigenvalue weighted by molar-refractivity contribution is -0.141. The van der Waals surface area contributed by atoms with Crippen molar-refractivity contribution in [2.45, 2.75) is 45.4 Å². The van der Waals surface area contributed by atoms with Crippen LogP contribution in [0, 0.1) is 5.92 Å². The number of aromatic hydroxyl groups is 1. The van der Waals surface area contributed by atoms with E-state index in [9.17, 15) is 9.90 Å². The minimum atomic E-state index is -0.727. The summed E-state index contributed by atoms with van der Waals surface area (Å²) in [5.41, 5.74) is 3.34. The number of aliphatic carboxylic acids is 1. The Hall–Kier alpha value is -1.51. The predicted molar refractivity (Wildman–Crippen MR) is 69.9 cm³/mol. The molecular weight excluding hydrogens is 228 g/mol. The molecule has 0 aromatic heterocycles. The lowest BCUT2D eigenvalue weighted by Crippen LogP contribution is -2.17. The van der Waals surface area contributed by atoms with Gasteiger partial charge in [0.2, 0.25) is 0 Å². The molecule has 3 heteroatoms. The number of fused-ring (bicyclic) bond motifs is 1. The van der Waals surface area contributed by atoms with E-state index in [0.717, 1.165) is 36.8 Å². The molecule has 2 N–H and O–H groups in total. The number of carboxylic acids is 1. The van der Waals surface area contributed by atoms with Crippen LogP contribution in [-0.4, -0.2) is 16.2 Å². The maximum atomic E-state index is 11.1. The number of phenols is 1. The highest BCUT2D eigenvalue weighted by atomic mass is 16.4. The molecule has 0 aliphatic heterocycles. The Bertz CT molecular complexity index is 451. The van der Waals surface area contributed by atoms with Crippen LogP contribution in [0.1, 0.15) is 42.9 Å². The van der Waals surface area contributed by atoms with E-state index in [1.807, 2.05) is 13.0 Å². The van der Waals surface area contributed by atoms with Crippen molar-refractivity contribution in [3.63, 3.8) is 0 Å². The molecule has 1 unspecified atom stereocenters. The van der Waals surface area contributed by atoms with E-state index in [1.54, 1.807) is 6.07 Å². The molecule has 0 radical (unpaired) electrons. The van der Waals surface area contributed by atoms with Crippen LogP contribution in [0.15, 0.2) is 12.1 Å². The van der Waals surface area contributed by atoms with E-state index in [0.29, 0.717) is 18.6 Å². The van der Waals surface area contributed by atoms with E-state index < -0.39 is 5.97 Å². The first-order valence-electron chi connectivity index (χ1n) is 6.68. The van der Waals surface area contributed by atoms with Crippen LogP contribution in [0.3, 0.4) is 0 Å². The summed E-state index contributed by atoms with van der Waals surface area (Å²) < 4.78 is 0. The molecule has 0 amide bonds. The smallest absolute Gasteiger partial charge is 0.306 e. The summed E-state index contributed by atoms with van der Waals surface area (Å²) in [6.07, 6.45) is 5.35. The molecule has 1 aromatic carbocycles. The quantitative estimate of drug-likeness (QED) is 0.861. The molecule has 0 spiro atoms. The van der Waals surface area contributed by atoms with Gasteiger partial charge >= 0.3 is 5.97 Å². The summed E-state index contributed by atoms with van der Waals surface area (Å²) in [6, 6.07) is 3.61. The van der Waals surface area contributed by atoms with Gasteiger partial charge in [-0.05, 0) is 61.3 Å². The molecule has 2 rings (SSSR count). The molecule has 1 aliphatic rings. The zero-order valence-electron chi connectivity index (χ0n) is 10.8. The average molecular weight is 248 g/mol. The highest BCUT2D eigenvalue weighted by Crippen LogP contribution is 2.32. The lowest BCUT2D eigenvalue weighted by atomic mass is 9.84. The number of hydrogen-bond donors (Lipinski definition) is 2. The van der Waals surface area contributed by atoms with E-state index in [1.165, 1.54) is 5.56 Å². The monoisotopic (exact) mass is 248 g/mol. The fourth-order valence-electron chi connectivity index (χ4n) is 2.79. The van der Waals surface area contributed by atoms with Gasteiger partial charge in [-0.25, -0.2) is 0 Å². The summed E-state index contributed by atoms with van der Waals surface area (Å²) in [5.74, 6) is -0.674. The molecule has 98 valence electrons. The minimum absolute atomic E-state index is 0.319. The molecule has 0 saturated carbocycles. The van der Waals surface area contributed by atoms with E-state index in [2.05, 4.69) is 0 Å². The van der Waals surface area contributed by atoms with Crippen LogP contribution < -0.4 is 0 Å². The standard InChI is InChI=1S/C15H20O3/c1-2-10(15(17)18)9-11-7-8-14(16)13-6-4-3-5-12(11)13/h7-8,10,16H,2-6,9H2,1H3,(H,17,18). The molecule has 0 bridgehead atoms. The molecule has 1 aliphatic carbocycles. The van der Waals surface area contributed by atoms with Gasteiger partial charge in [0.1, 0.15) is 5.75 Å². The van der Waals surface area contributed by atoms with Gasteiger partial charge in [-0.2, -0.15) is 0 Å². The minimum Gasteiger partial charge on any atom is -0.508 e. The van der Waals surface area contributed by atoms with Gasteiger partial charge in [0.05, 0.1) is 5.92 Å². The number of carboxylic acid groups (broad SMARTS) is 1. The third-order valence-electron chi connectivity index (χ3n) is 3.92. The molecule has 0 saturated heterocycles. The Labute approximate surface area is 107 Å². The first-order chi connectivity index (χ1) is 8.63.